The molecule has 0 aromatic heterocycles. The van der Waals surface area contributed by atoms with Gasteiger partial charge in [0.2, 0.25) is 0 Å². The van der Waals surface area contributed by atoms with E-state index in [1.54, 1.807) is 100 Å². The van der Waals surface area contributed by atoms with Crippen molar-refractivity contribution in [3.63, 3.8) is 0 Å². The number of hydrogen-bond donors (Lipinski definition) is 0. The molecule has 0 aliphatic rings. The maximum Gasteiger partial charge on any atom is 0.519 e. The molecule has 0 aliphatic heterocycles. The van der Waals surface area contributed by atoms with Crippen LogP contribution in [0.5, 0.6) is 57.5 Å². The van der Waals surface area contributed by atoms with E-state index in [-0.39, 0.29) is 16.8 Å². The zero-order chi connectivity index (χ0) is 68.4. The molecule has 0 radical (unpaired) electrons. The third-order valence-corrected chi connectivity index (χ3v) is 23.3. The predicted molar refractivity (Wildman–Crippen MR) is 373 cm³/mol. The molecule has 0 aliphatic carbocycles. The Morgan fingerprint density at radius 3 is 0.947 bits per heavy atom. The van der Waals surface area contributed by atoms with Gasteiger partial charge >= 0.3 is 24.4 Å². The van der Waals surface area contributed by atoms with Crippen LogP contribution in [-0.4, -0.2) is 62.4 Å². The van der Waals surface area contributed by atoms with Gasteiger partial charge in [0.25, 0.3) is 0 Å². The first-order chi connectivity index (χ1) is 44.4. The second-order valence-corrected chi connectivity index (χ2v) is 35.6. The van der Waals surface area contributed by atoms with Crippen LogP contribution in [0.4, 0.5) is 14.4 Å². The summed E-state index contributed by atoms with van der Waals surface area (Å²) < 4.78 is 60.7. The van der Waals surface area contributed by atoms with Gasteiger partial charge in [-0.1, -0.05) is 140 Å². The zero-order valence-corrected chi connectivity index (χ0v) is 59.2. The maximum atomic E-state index is 12.5. The molecule has 0 saturated carbocycles. The van der Waals surface area contributed by atoms with Gasteiger partial charge in [-0.3, -0.25) is 4.79 Å². The molecule has 8 aromatic carbocycles. The molecular weight excluding hydrogens is 1220 g/mol. The van der Waals surface area contributed by atoms with E-state index in [0.29, 0.717) is 46.0 Å². The van der Waals surface area contributed by atoms with Crippen LogP contribution in [0.2, 0.25) is 38.3 Å². The lowest BCUT2D eigenvalue weighted by atomic mass is 9.78. The summed E-state index contributed by atoms with van der Waals surface area (Å²) in [5, 5.41) is 0. The standard InChI is InChI=1S/C41H38O8.C36H52O7Si2/c1-27(42)45-33-17-7-28(8-18-33)29-9-19-34(20-10-29)46-38(43)48-36-23-13-31(14-24-36)41(5,6)32-15-25-37(26-16-32)49-39(44)47-35-21-11-30(12-22-35)40(2,3)4;1-36(2,3)29-17-19-30(20-18-29)41-35(37)42-32-22-16-28(26-34(32)40-6)14-12-24-45(9,10)43-44(7,8)23-11-13-27-15-21-31(38-4)33(25-27)39-5/h7-26H,1-6H3;15-22,25-26H,11-14,23-24H2,1-10H3. The lowest BCUT2D eigenvalue weighted by Gasteiger charge is -2.34. The van der Waals surface area contributed by atoms with Crippen molar-refractivity contribution in [3.05, 3.63) is 215 Å². The van der Waals surface area contributed by atoms with E-state index in [4.69, 9.17) is 51.5 Å². The SMILES string of the molecule is CC(=O)Oc1ccc(-c2ccc(OC(=O)Oc3ccc(C(C)(C)c4ccc(OC(=O)Oc5ccc(C(C)(C)C)cc5)cc4)cc3)cc2)cc1.COc1ccc(CCC[Si](C)(C)O[Si](C)(C)CCCc2ccc(OC(=O)Oc3ccc(C(C)(C)C)cc3)c(OC)c2)cc1OC. The molecule has 8 rings (SSSR count). The number of carbonyl (C=O) groups is 4. The molecule has 0 amide bonds. The molecule has 17 heteroatoms. The van der Waals surface area contributed by atoms with Gasteiger partial charge in [0.15, 0.2) is 39.6 Å². The Morgan fingerprint density at radius 1 is 0.340 bits per heavy atom. The van der Waals surface area contributed by atoms with Crippen molar-refractivity contribution in [1.82, 2.24) is 0 Å². The molecule has 0 bridgehead atoms. The highest BCUT2D eigenvalue weighted by Gasteiger charge is 2.33. The van der Waals surface area contributed by atoms with Crippen molar-refractivity contribution in [2.24, 2.45) is 0 Å². The van der Waals surface area contributed by atoms with Crippen LogP contribution in [0.1, 0.15) is 109 Å². The molecule has 94 heavy (non-hydrogen) atoms. The Hall–Kier alpha value is -9.17. The molecular formula is C77H90O15Si2. The Morgan fingerprint density at radius 2 is 0.628 bits per heavy atom. The van der Waals surface area contributed by atoms with Gasteiger partial charge in [-0.15, -0.1) is 0 Å². The van der Waals surface area contributed by atoms with Gasteiger partial charge in [0.05, 0.1) is 21.3 Å². The smallest absolute Gasteiger partial charge is 0.493 e. The van der Waals surface area contributed by atoms with Gasteiger partial charge in [0, 0.05) is 12.3 Å². The van der Waals surface area contributed by atoms with E-state index in [0.717, 1.165) is 88.2 Å². The highest BCUT2D eigenvalue weighted by atomic mass is 28.4. The summed E-state index contributed by atoms with van der Waals surface area (Å²) in [6, 6.07) is 57.4. The van der Waals surface area contributed by atoms with Gasteiger partial charge in [-0.25, -0.2) is 14.4 Å². The number of aryl methyl sites for hydroxylation is 2. The quantitative estimate of drug-likeness (QED) is 0.0256. The van der Waals surface area contributed by atoms with E-state index >= 15 is 0 Å². The molecule has 8 aromatic rings. The lowest BCUT2D eigenvalue weighted by Crippen LogP contribution is -2.44. The number of esters is 1. The number of methoxy groups -OCH3 is 3. The van der Waals surface area contributed by atoms with Crippen LogP contribution in [0.3, 0.4) is 0 Å². The van der Waals surface area contributed by atoms with Gasteiger partial charge in [-0.2, -0.15) is 0 Å². The monoisotopic (exact) mass is 1310 g/mol. The summed E-state index contributed by atoms with van der Waals surface area (Å²) >= 11 is 0. The molecule has 0 fully saturated rings. The fraction of sp³-hybridized carbons (Fsp3) is 0.325. The highest BCUT2D eigenvalue weighted by Crippen LogP contribution is 2.36. The summed E-state index contributed by atoms with van der Waals surface area (Å²) in [7, 11) is 1.24. The third-order valence-electron chi connectivity index (χ3n) is 15.8. The summed E-state index contributed by atoms with van der Waals surface area (Å²) in [6.45, 7) is 27.6. The molecule has 496 valence electrons. The number of benzene rings is 8. The lowest BCUT2D eigenvalue weighted by molar-refractivity contribution is -0.131. The first-order valence-corrected chi connectivity index (χ1v) is 37.7. The third kappa shape index (κ3) is 22.0. The van der Waals surface area contributed by atoms with Crippen molar-refractivity contribution in [2.45, 2.75) is 143 Å². The molecule has 0 saturated heterocycles. The van der Waals surface area contributed by atoms with Crippen molar-refractivity contribution in [2.75, 3.05) is 21.3 Å². The van der Waals surface area contributed by atoms with Crippen LogP contribution in [0.25, 0.3) is 11.1 Å². The number of hydrogen-bond acceptors (Lipinski definition) is 15. The molecule has 15 nitrogen and oxygen atoms in total. The van der Waals surface area contributed by atoms with Crippen molar-refractivity contribution in [3.8, 4) is 68.6 Å². The van der Waals surface area contributed by atoms with Crippen molar-refractivity contribution in [1.29, 1.82) is 0 Å². The average molecular weight is 1310 g/mol. The summed E-state index contributed by atoms with van der Waals surface area (Å²) in [4.78, 5) is 48.5. The molecule has 0 spiro atoms. The van der Waals surface area contributed by atoms with Crippen LogP contribution in [0.15, 0.2) is 182 Å². The molecule has 0 unspecified atom stereocenters. The summed E-state index contributed by atoms with van der Waals surface area (Å²) in [6.07, 6.45) is 1.52. The van der Waals surface area contributed by atoms with Gasteiger partial charge < -0.3 is 51.5 Å². The average Bonchev–Trinajstić information content (AvgIpc) is 0.822. The summed E-state index contributed by atoms with van der Waals surface area (Å²) in [5.74, 6) is 4.33. The molecule has 0 atom stereocenters. The van der Waals surface area contributed by atoms with E-state index in [9.17, 15) is 19.2 Å². The Kier molecular flexibility index (Phi) is 24.7. The minimum absolute atomic E-state index is 0.0000127. The topological polar surface area (TPSA) is 170 Å². The van der Waals surface area contributed by atoms with Gasteiger partial charge in [0.1, 0.15) is 34.5 Å². The Bertz CT molecular complexity index is 3790. The first-order valence-electron chi connectivity index (χ1n) is 31.5. The fourth-order valence-electron chi connectivity index (χ4n) is 10.6. The largest absolute Gasteiger partial charge is 0.519 e. The highest BCUT2D eigenvalue weighted by molar-refractivity contribution is 6.84. The normalized spacial score (nSPS) is 11.7. The van der Waals surface area contributed by atoms with Crippen LogP contribution in [0, 0.1) is 0 Å². The fourth-order valence-corrected chi connectivity index (χ4v) is 19.5. The van der Waals surface area contributed by atoms with Crippen molar-refractivity contribution >= 4 is 41.1 Å². The van der Waals surface area contributed by atoms with Gasteiger partial charge in [-0.05, 0) is 216 Å². The van der Waals surface area contributed by atoms with Crippen LogP contribution in [-0.2, 0) is 38.0 Å². The number of ether oxygens (including phenoxy) is 10. The molecule has 0 heterocycles. The maximum absolute atomic E-state index is 12.5. The van der Waals surface area contributed by atoms with E-state index in [1.807, 2.05) is 91.0 Å². The minimum atomic E-state index is -1.85. The van der Waals surface area contributed by atoms with E-state index in [1.165, 1.54) is 12.5 Å². The zero-order valence-electron chi connectivity index (χ0n) is 57.2. The second-order valence-electron chi connectivity index (χ2n) is 26.7. The van der Waals surface area contributed by atoms with E-state index < -0.39 is 40.5 Å². The Labute approximate surface area is 556 Å². The number of rotatable bonds is 23. The Balaban J connectivity index is 0.000000267. The molecule has 0 N–H and O–H groups in total. The number of carbonyl (C=O) groups excluding carboxylic acids is 4. The van der Waals surface area contributed by atoms with Crippen LogP contribution >= 0.6 is 0 Å². The minimum Gasteiger partial charge on any atom is -0.493 e. The first kappa shape index (κ1) is 72.3. The summed E-state index contributed by atoms with van der Waals surface area (Å²) in [5.41, 5.74) is 8.07. The van der Waals surface area contributed by atoms with Crippen LogP contribution < -0.4 is 47.4 Å². The van der Waals surface area contributed by atoms with Crippen molar-refractivity contribution < 1.29 is 70.7 Å². The second kappa shape index (κ2) is 32.1. The van der Waals surface area contributed by atoms with E-state index in [2.05, 4.69) is 93.7 Å². The predicted octanol–water partition coefficient (Wildman–Crippen LogP) is 19.6.